The Kier molecular flexibility index (Phi) is 8.15. The van der Waals surface area contributed by atoms with Crippen LogP contribution in [0.25, 0.3) is 0 Å². The van der Waals surface area contributed by atoms with Crippen molar-refractivity contribution in [3.63, 3.8) is 0 Å². The summed E-state index contributed by atoms with van der Waals surface area (Å²) in [7, 11) is -2.45. The zero-order chi connectivity index (χ0) is 22.1. The van der Waals surface area contributed by atoms with Gasteiger partial charge < -0.3 is 20.1 Å². The van der Waals surface area contributed by atoms with Crippen molar-refractivity contribution in [1.29, 1.82) is 5.41 Å². The van der Waals surface area contributed by atoms with Crippen LogP contribution < -0.4 is 20.7 Å². The van der Waals surface area contributed by atoms with E-state index >= 15 is 0 Å². The Balaban J connectivity index is 1.88. The Labute approximate surface area is 173 Å². The van der Waals surface area contributed by atoms with Gasteiger partial charge in [0.05, 0.1) is 19.5 Å². The lowest BCUT2D eigenvalue weighted by atomic mass is 10.1. The standard InChI is InChI=1S/C17H24N6O6S/c1-23-10-15(20-11-23)30(26,27)22-14(16(24)25)9-12-3-5-13(6-4-12)28-7-2-8-29-21-17(18)19/h3-6,10-11,14,22H,2,7-9H2,1H3,(H,24,25)(H4,18,19,21)/t14-/m0/s1. The molecule has 2 rings (SSSR count). The summed E-state index contributed by atoms with van der Waals surface area (Å²) >= 11 is 0. The number of carboxylic acids is 1. The molecule has 0 fully saturated rings. The second kappa shape index (κ2) is 10.6. The molecule has 0 saturated heterocycles. The summed E-state index contributed by atoms with van der Waals surface area (Å²) in [6.07, 6.45) is 3.11. The van der Waals surface area contributed by atoms with Crippen LogP contribution in [0.1, 0.15) is 12.0 Å². The lowest BCUT2D eigenvalue weighted by Crippen LogP contribution is -2.42. The molecule has 1 heterocycles. The molecule has 1 aromatic heterocycles. The highest BCUT2D eigenvalue weighted by Crippen LogP contribution is 2.15. The predicted octanol–water partition coefficient (Wildman–Crippen LogP) is -0.422. The van der Waals surface area contributed by atoms with Gasteiger partial charge in [-0.2, -0.15) is 4.72 Å². The van der Waals surface area contributed by atoms with Crippen LogP contribution >= 0.6 is 0 Å². The molecular weight excluding hydrogens is 416 g/mol. The number of rotatable bonds is 12. The van der Waals surface area contributed by atoms with E-state index in [-0.39, 0.29) is 17.4 Å². The van der Waals surface area contributed by atoms with Gasteiger partial charge >= 0.3 is 5.97 Å². The minimum atomic E-state index is -4.06. The number of aryl methyl sites for hydroxylation is 1. The summed E-state index contributed by atoms with van der Waals surface area (Å²) in [6.45, 7) is 0.662. The highest BCUT2D eigenvalue weighted by Gasteiger charge is 2.27. The number of nitrogens with two attached hydrogens (primary N) is 1. The van der Waals surface area contributed by atoms with Crippen LogP contribution in [-0.4, -0.2) is 54.3 Å². The number of hydrogen-bond donors (Lipinski definition) is 5. The molecule has 2 aromatic rings. The average molecular weight is 440 g/mol. The van der Waals surface area contributed by atoms with Crippen molar-refractivity contribution in [2.45, 2.75) is 23.9 Å². The SMILES string of the molecule is Cn1cnc(S(=O)(=O)N[C@@H](Cc2ccc(OCCCONC(=N)N)cc2)C(=O)O)c1. The van der Waals surface area contributed by atoms with Crippen LogP contribution in [0.3, 0.4) is 0 Å². The molecule has 30 heavy (non-hydrogen) atoms. The maximum absolute atomic E-state index is 12.3. The topological polar surface area (TPSA) is 182 Å². The van der Waals surface area contributed by atoms with Gasteiger partial charge in [0.1, 0.15) is 11.8 Å². The number of guanidine groups is 1. The molecule has 0 unspecified atom stereocenters. The first-order chi connectivity index (χ1) is 14.2. The number of aromatic nitrogens is 2. The van der Waals surface area contributed by atoms with E-state index in [0.29, 0.717) is 30.9 Å². The second-order valence-electron chi connectivity index (χ2n) is 6.30. The summed E-state index contributed by atoms with van der Waals surface area (Å²) in [5.41, 5.74) is 7.90. The fourth-order valence-electron chi connectivity index (χ4n) is 2.36. The van der Waals surface area contributed by atoms with Crippen molar-refractivity contribution >= 4 is 22.0 Å². The van der Waals surface area contributed by atoms with E-state index in [4.69, 9.17) is 20.7 Å². The normalized spacial score (nSPS) is 12.3. The van der Waals surface area contributed by atoms with Crippen LogP contribution in [0.15, 0.2) is 41.8 Å². The van der Waals surface area contributed by atoms with Crippen LogP contribution in [0, 0.1) is 5.41 Å². The van der Waals surface area contributed by atoms with E-state index in [0.717, 1.165) is 0 Å². The molecule has 0 aliphatic carbocycles. The number of imidazole rings is 1. The number of aliphatic carboxylic acids is 1. The van der Waals surface area contributed by atoms with E-state index in [1.165, 1.54) is 17.1 Å². The minimum absolute atomic E-state index is 0.0494. The zero-order valence-electron chi connectivity index (χ0n) is 16.2. The first kappa shape index (κ1) is 23.1. The van der Waals surface area contributed by atoms with Crippen molar-refractivity contribution in [3.05, 3.63) is 42.4 Å². The monoisotopic (exact) mass is 440 g/mol. The molecule has 6 N–H and O–H groups in total. The molecule has 0 radical (unpaired) electrons. The molecule has 1 atom stereocenters. The molecule has 0 aliphatic heterocycles. The number of hydroxylamine groups is 1. The number of carbonyl (C=O) groups is 1. The van der Waals surface area contributed by atoms with Crippen LogP contribution in [-0.2, 0) is 33.1 Å². The van der Waals surface area contributed by atoms with Gasteiger partial charge in [-0.15, -0.1) is 0 Å². The van der Waals surface area contributed by atoms with E-state index in [2.05, 4.69) is 15.2 Å². The molecule has 13 heteroatoms. The van der Waals surface area contributed by atoms with Crippen LogP contribution in [0.2, 0.25) is 0 Å². The highest BCUT2D eigenvalue weighted by molar-refractivity contribution is 7.89. The van der Waals surface area contributed by atoms with Crippen molar-refractivity contribution in [2.75, 3.05) is 13.2 Å². The van der Waals surface area contributed by atoms with Gasteiger partial charge in [-0.1, -0.05) is 12.1 Å². The van der Waals surface area contributed by atoms with Gasteiger partial charge in [0, 0.05) is 19.7 Å². The van der Waals surface area contributed by atoms with E-state index in [1.807, 2.05) is 0 Å². The largest absolute Gasteiger partial charge is 0.494 e. The number of nitrogens with one attached hydrogen (secondary N) is 3. The number of carboxylic acid groups (broad SMARTS) is 1. The van der Waals surface area contributed by atoms with Gasteiger partial charge in [0.2, 0.25) is 5.96 Å². The van der Waals surface area contributed by atoms with Gasteiger partial charge in [-0.3, -0.25) is 15.0 Å². The molecule has 164 valence electrons. The Morgan fingerprint density at radius 1 is 1.33 bits per heavy atom. The Morgan fingerprint density at radius 3 is 2.60 bits per heavy atom. The van der Waals surface area contributed by atoms with Crippen LogP contribution in [0.4, 0.5) is 0 Å². The third-order valence-electron chi connectivity index (χ3n) is 3.76. The molecule has 1 aromatic carbocycles. The predicted molar refractivity (Wildman–Crippen MR) is 106 cm³/mol. The smallest absolute Gasteiger partial charge is 0.322 e. The summed E-state index contributed by atoms with van der Waals surface area (Å²) in [5, 5.41) is 16.1. The summed E-state index contributed by atoms with van der Waals surface area (Å²) in [4.78, 5) is 20.2. The lowest BCUT2D eigenvalue weighted by Gasteiger charge is -2.14. The summed E-state index contributed by atoms with van der Waals surface area (Å²) in [6, 6.07) is 5.30. The number of sulfonamides is 1. The molecule has 0 aliphatic rings. The van der Waals surface area contributed by atoms with Crippen molar-refractivity contribution < 1.29 is 27.9 Å². The molecule has 0 saturated carbocycles. The molecule has 0 spiro atoms. The van der Waals surface area contributed by atoms with Gasteiger partial charge in [0.25, 0.3) is 10.0 Å². The first-order valence-electron chi connectivity index (χ1n) is 8.84. The molecule has 0 amide bonds. The first-order valence-corrected chi connectivity index (χ1v) is 10.3. The number of benzene rings is 1. The Hall–Kier alpha value is -3.16. The summed E-state index contributed by atoms with van der Waals surface area (Å²) in [5.74, 6) is -1.01. The maximum Gasteiger partial charge on any atom is 0.322 e. The van der Waals surface area contributed by atoms with Crippen molar-refractivity contribution in [1.82, 2.24) is 19.8 Å². The average Bonchev–Trinajstić information content (AvgIpc) is 3.12. The van der Waals surface area contributed by atoms with Crippen molar-refractivity contribution in [2.24, 2.45) is 12.8 Å². The fourth-order valence-corrected chi connectivity index (χ4v) is 3.53. The lowest BCUT2D eigenvalue weighted by molar-refractivity contribution is -0.138. The minimum Gasteiger partial charge on any atom is -0.494 e. The fraction of sp³-hybridized carbons (Fsp3) is 0.353. The second-order valence-corrected chi connectivity index (χ2v) is 7.96. The molecular formula is C17H24N6O6S. The van der Waals surface area contributed by atoms with Gasteiger partial charge in [-0.25, -0.2) is 18.9 Å². The van der Waals surface area contributed by atoms with E-state index in [9.17, 15) is 18.3 Å². The Morgan fingerprint density at radius 2 is 2.03 bits per heavy atom. The van der Waals surface area contributed by atoms with Crippen molar-refractivity contribution in [3.8, 4) is 5.75 Å². The third kappa shape index (κ3) is 7.35. The third-order valence-corrected chi connectivity index (χ3v) is 5.11. The van der Waals surface area contributed by atoms with Crippen LogP contribution in [0.5, 0.6) is 5.75 Å². The number of ether oxygens (including phenoxy) is 1. The molecule has 12 nitrogen and oxygen atoms in total. The van der Waals surface area contributed by atoms with Gasteiger partial charge in [-0.05, 0) is 24.1 Å². The quantitative estimate of drug-likeness (QED) is 0.127. The summed E-state index contributed by atoms with van der Waals surface area (Å²) < 4.78 is 33.8. The maximum atomic E-state index is 12.3. The highest BCUT2D eigenvalue weighted by atomic mass is 32.2. The molecule has 0 bridgehead atoms. The van der Waals surface area contributed by atoms with E-state index in [1.54, 1.807) is 31.3 Å². The number of hydrogen-bond acceptors (Lipinski definition) is 7. The van der Waals surface area contributed by atoms with E-state index < -0.39 is 22.0 Å². The van der Waals surface area contributed by atoms with Gasteiger partial charge in [0.15, 0.2) is 5.03 Å². The Bertz CT molecular complexity index is 959. The number of nitrogens with zero attached hydrogens (tertiary/aromatic N) is 2. The zero-order valence-corrected chi connectivity index (χ0v) is 17.1.